The van der Waals surface area contributed by atoms with E-state index in [1.807, 2.05) is 48.5 Å². The van der Waals surface area contributed by atoms with Crippen molar-refractivity contribution in [2.75, 3.05) is 17.2 Å². The summed E-state index contributed by atoms with van der Waals surface area (Å²) in [5.74, 6) is 1.50. The van der Waals surface area contributed by atoms with E-state index in [1.54, 1.807) is 6.07 Å². The van der Waals surface area contributed by atoms with E-state index < -0.39 is 0 Å². The minimum Gasteiger partial charge on any atom is -0.455 e. The van der Waals surface area contributed by atoms with Crippen LogP contribution < -0.4 is 15.4 Å². The predicted octanol–water partition coefficient (Wildman–Crippen LogP) is 5.12. The van der Waals surface area contributed by atoms with Crippen molar-refractivity contribution in [2.24, 2.45) is 0 Å². The van der Waals surface area contributed by atoms with Gasteiger partial charge in [0.25, 0.3) is 5.91 Å². The van der Waals surface area contributed by atoms with Gasteiger partial charge in [0, 0.05) is 18.9 Å². The molecule has 0 unspecified atom stereocenters. The molecule has 0 saturated carbocycles. The maximum atomic E-state index is 12.6. The summed E-state index contributed by atoms with van der Waals surface area (Å²) in [4.78, 5) is 21.0. The molecule has 0 atom stereocenters. The molecule has 2 aromatic carbocycles. The number of amides is 1. The van der Waals surface area contributed by atoms with E-state index in [0.29, 0.717) is 28.7 Å². The van der Waals surface area contributed by atoms with Gasteiger partial charge in [-0.25, -0.2) is 9.97 Å². The highest BCUT2D eigenvalue weighted by molar-refractivity contribution is 6.04. The molecule has 0 aliphatic heterocycles. The van der Waals surface area contributed by atoms with Crippen LogP contribution in [0.1, 0.15) is 36.5 Å². The second-order valence-electron chi connectivity index (χ2n) is 6.29. The maximum absolute atomic E-state index is 12.6. The summed E-state index contributed by atoms with van der Waals surface area (Å²) in [6, 6.07) is 16.7. The van der Waals surface area contributed by atoms with Crippen molar-refractivity contribution in [3.8, 4) is 11.5 Å². The lowest BCUT2D eigenvalue weighted by Gasteiger charge is -2.12. The number of carbonyl (C=O) groups excluding carboxylic acids is 1. The standard InChI is InChI=1S/C22H24N4O2/c1-2-3-9-14-23-22-24-15-17(16-25-22)21(27)26-19-12-7-8-13-20(19)28-18-10-5-4-6-11-18/h4-8,10-13,15-16H,2-3,9,14H2,1H3,(H,26,27)(H,23,24,25). The van der Waals surface area contributed by atoms with Gasteiger partial charge in [0.15, 0.2) is 5.75 Å². The molecule has 0 spiro atoms. The third kappa shape index (κ3) is 5.54. The molecule has 144 valence electrons. The molecule has 1 heterocycles. The molecule has 0 aliphatic rings. The molecule has 1 amide bonds. The van der Waals surface area contributed by atoms with Crippen molar-refractivity contribution in [3.05, 3.63) is 72.6 Å². The Hall–Kier alpha value is -3.41. The van der Waals surface area contributed by atoms with Crippen LogP contribution in [0.15, 0.2) is 67.0 Å². The summed E-state index contributed by atoms with van der Waals surface area (Å²) in [7, 11) is 0. The Morgan fingerprint density at radius 1 is 0.964 bits per heavy atom. The number of anilines is 2. The minimum absolute atomic E-state index is 0.290. The normalized spacial score (nSPS) is 10.3. The first kappa shape index (κ1) is 19.4. The third-order valence-electron chi connectivity index (χ3n) is 4.08. The number of hydrogen-bond acceptors (Lipinski definition) is 5. The van der Waals surface area contributed by atoms with Gasteiger partial charge in [-0.1, -0.05) is 50.1 Å². The molecule has 1 aromatic heterocycles. The number of para-hydroxylation sites is 3. The number of ether oxygens (including phenoxy) is 1. The third-order valence-corrected chi connectivity index (χ3v) is 4.08. The fourth-order valence-electron chi connectivity index (χ4n) is 2.58. The van der Waals surface area contributed by atoms with Gasteiger partial charge in [-0.05, 0) is 30.7 Å². The van der Waals surface area contributed by atoms with Crippen molar-refractivity contribution in [2.45, 2.75) is 26.2 Å². The summed E-state index contributed by atoms with van der Waals surface area (Å²) in [6.07, 6.45) is 6.44. The van der Waals surface area contributed by atoms with E-state index in [9.17, 15) is 4.79 Å². The van der Waals surface area contributed by atoms with Gasteiger partial charge >= 0.3 is 0 Å². The van der Waals surface area contributed by atoms with Gasteiger partial charge in [-0.2, -0.15) is 0 Å². The molecule has 6 nitrogen and oxygen atoms in total. The summed E-state index contributed by atoms with van der Waals surface area (Å²) in [5.41, 5.74) is 0.965. The fourth-order valence-corrected chi connectivity index (χ4v) is 2.58. The average Bonchev–Trinajstić information content (AvgIpc) is 2.74. The van der Waals surface area contributed by atoms with Crippen LogP contribution in [0.25, 0.3) is 0 Å². The van der Waals surface area contributed by atoms with Crippen LogP contribution in [0, 0.1) is 0 Å². The number of carbonyl (C=O) groups is 1. The summed E-state index contributed by atoms with van der Waals surface area (Å²) in [5, 5.41) is 6.02. The first-order valence-corrected chi connectivity index (χ1v) is 9.45. The highest BCUT2D eigenvalue weighted by atomic mass is 16.5. The number of nitrogens with one attached hydrogen (secondary N) is 2. The SMILES string of the molecule is CCCCCNc1ncc(C(=O)Nc2ccccc2Oc2ccccc2)cn1. The highest BCUT2D eigenvalue weighted by Crippen LogP contribution is 2.29. The zero-order valence-corrected chi connectivity index (χ0v) is 15.9. The average molecular weight is 376 g/mol. The first-order valence-electron chi connectivity index (χ1n) is 9.45. The van der Waals surface area contributed by atoms with E-state index in [1.165, 1.54) is 12.4 Å². The Morgan fingerprint density at radius 3 is 2.43 bits per heavy atom. The van der Waals surface area contributed by atoms with Crippen LogP contribution >= 0.6 is 0 Å². The number of unbranched alkanes of at least 4 members (excludes halogenated alkanes) is 2. The second kappa shape index (κ2) is 10.1. The van der Waals surface area contributed by atoms with Crippen molar-refractivity contribution in [1.82, 2.24) is 9.97 Å². The zero-order valence-electron chi connectivity index (χ0n) is 15.9. The molecule has 0 fully saturated rings. The van der Waals surface area contributed by atoms with E-state index >= 15 is 0 Å². The van der Waals surface area contributed by atoms with E-state index in [-0.39, 0.29) is 5.91 Å². The predicted molar refractivity (Wildman–Crippen MR) is 111 cm³/mol. The Morgan fingerprint density at radius 2 is 1.68 bits per heavy atom. The van der Waals surface area contributed by atoms with Gasteiger partial charge in [0.2, 0.25) is 5.95 Å². The number of nitrogens with zero attached hydrogens (tertiary/aromatic N) is 2. The molecule has 6 heteroatoms. The van der Waals surface area contributed by atoms with Crippen molar-refractivity contribution >= 4 is 17.5 Å². The highest BCUT2D eigenvalue weighted by Gasteiger charge is 2.11. The van der Waals surface area contributed by atoms with Crippen molar-refractivity contribution < 1.29 is 9.53 Å². The van der Waals surface area contributed by atoms with Gasteiger partial charge in [0.1, 0.15) is 5.75 Å². The molecule has 3 rings (SSSR count). The largest absolute Gasteiger partial charge is 0.455 e. The van der Waals surface area contributed by atoms with E-state index in [2.05, 4.69) is 27.5 Å². The quantitative estimate of drug-likeness (QED) is 0.507. The zero-order chi connectivity index (χ0) is 19.6. The van der Waals surface area contributed by atoms with Crippen LogP contribution in [0.3, 0.4) is 0 Å². The van der Waals surface area contributed by atoms with Crippen LogP contribution in [0.4, 0.5) is 11.6 Å². The molecular formula is C22H24N4O2. The first-order chi connectivity index (χ1) is 13.8. The molecule has 0 saturated heterocycles. The van der Waals surface area contributed by atoms with Crippen molar-refractivity contribution in [3.63, 3.8) is 0 Å². The van der Waals surface area contributed by atoms with Gasteiger partial charge in [0.05, 0.1) is 11.3 Å². The summed E-state index contributed by atoms with van der Waals surface area (Å²) < 4.78 is 5.87. The van der Waals surface area contributed by atoms with E-state index in [4.69, 9.17) is 4.74 Å². The smallest absolute Gasteiger partial charge is 0.258 e. The number of aromatic nitrogens is 2. The molecule has 28 heavy (non-hydrogen) atoms. The van der Waals surface area contributed by atoms with Crippen LogP contribution in [0.5, 0.6) is 11.5 Å². The lowest BCUT2D eigenvalue weighted by atomic mass is 10.2. The summed E-state index contributed by atoms with van der Waals surface area (Å²) in [6.45, 7) is 2.98. The molecule has 2 N–H and O–H groups in total. The van der Waals surface area contributed by atoms with Crippen molar-refractivity contribution in [1.29, 1.82) is 0 Å². The fraction of sp³-hybridized carbons (Fsp3) is 0.227. The minimum atomic E-state index is -0.290. The monoisotopic (exact) mass is 376 g/mol. The topological polar surface area (TPSA) is 76.1 Å². The molecule has 0 bridgehead atoms. The van der Waals surface area contributed by atoms with Gasteiger partial charge in [-0.15, -0.1) is 0 Å². The molecule has 0 aliphatic carbocycles. The van der Waals surface area contributed by atoms with Gasteiger partial charge < -0.3 is 15.4 Å². The second-order valence-corrected chi connectivity index (χ2v) is 6.29. The number of hydrogen-bond donors (Lipinski definition) is 2. The van der Waals surface area contributed by atoms with Gasteiger partial charge in [-0.3, -0.25) is 4.79 Å². The molecule has 3 aromatic rings. The molecule has 0 radical (unpaired) electrons. The van der Waals surface area contributed by atoms with Crippen LogP contribution in [0.2, 0.25) is 0 Å². The van der Waals surface area contributed by atoms with E-state index in [0.717, 1.165) is 25.8 Å². The Kier molecular flexibility index (Phi) is 6.95. The Balaban J connectivity index is 1.63. The lowest BCUT2D eigenvalue weighted by molar-refractivity contribution is 0.102. The Bertz CT molecular complexity index is 883. The number of rotatable bonds is 9. The molecular weight excluding hydrogens is 352 g/mol. The van der Waals surface area contributed by atoms with Crippen LogP contribution in [-0.4, -0.2) is 22.4 Å². The lowest BCUT2D eigenvalue weighted by Crippen LogP contribution is -2.14. The van der Waals surface area contributed by atoms with Crippen LogP contribution in [-0.2, 0) is 0 Å². The Labute approximate surface area is 165 Å². The maximum Gasteiger partial charge on any atom is 0.258 e. The number of benzene rings is 2. The summed E-state index contributed by atoms with van der Waals surface area (Å²) >= 11 is 0.